The number of hydrogen-bond acceptors (Lipinski definition) is 4. The number of rotatable bonds is 7. The normalized spacial score (nSPS) is 14.8. The molecule has 0 N–H and O–H groups in total. The number of hydrogen-bond donors (Lipinski definition) is 0. The number of nitrogens with zero attached hydrogens (tertiary/aromatic N) is 3. The maximum absolute atomic E-state index is 11.7. The minimum Gasteiger partial charge on any atom is -0.460 e. The lowest BCUT2D eigenvalue weighted by Crippen LogP contribution is -2.38. The van der Waals surface area contributed by atoms with Crippen LogP contribution in [0.1, 0.15) is 33.6 Å². The quantitative estimate of drug-likeness (QED) is 0.528. The minimum absolute atomic E-state index is 0.159. The van der Waals surface area contributed by atoms with E-state index in [1.54, 1.807) is 20.8 Å². The van der Waals surface area contributed by atoms with Crippen LogP contribution in [0.3, 0.4) is 0 Å². The SMILES string of the molecule is CC(C)(C#N)C(C)(C#N)CCC(=O)OCC[N+](C)(C)C. The monoisotopic (exact) mass is 280 g/mol. The molecule has 0 radical (unpaired) electrons. The first-order valence-corrected chi connectivity index (χ1v) is 6.76. The van der Waals surface area contributed by atoms with Crippen molar-refractivity contribution < 1.29 is 14.0 Å². The highest BCUT2D eigenvalue weighted by atomic mass is 16.5. The number of quaternary nitrogens is 1. The van der Waals surface area contributed by atoms with Crippen LogP contribution in [0.5, 0.6) is 0 Å². The van der Waals surface area contributed by atoms with Crippen LogP contribution in [0.15, 0.2) is 0 Å². The lowest BCUT2D eigenvalue weighted by molar-refractivity contribution is -0.870. The van der Waals surface area contributed by atoms with E-state index in [9.17, 15) is 10.1 Å². The van der Waals surface area contributed by atoms with Crippen molar-refractivity contribution in [3.05, 3.63) is 0 Å². The second-order valence-electron chi connectivity index (χ2n) is 6.92. The third kappa shape index (κ3) is 5.59. The Hall–Kier alpha value is -1.59. The standard InChI is InChI=1S/C15H26N3O2/c1-14(2,11-16)15(3,12-17)8-7-13(19)20-10-9-18(4,5)6/h7-10H2,1-6H3/q+1. The van der Waals surface area contributed by atoms with Crippen molar-refractivity contribution in [2.45, 2.75) is 33.6 Å². The molecule has 0 aliphatic heterocycles. The second-order valence-corrected chi connectivity index (χ2v) is 6.92. The maximum atomic E-state index is 11.7. The molecule has 0 saturated heterocycles. The highest BCUT2D eigenvalue weighted by Gasteiger charge is 2.42. The van der Waals surface area contributed by atoms with Crippen LogP contribution in [-0.2, 0) is 9.53 Å². The van der Waals surface area contributed by atoms with Crippen LogP contribution < -0.4 is 0 Å². The molecule has 0 heterocycles. The van der Waals surface area contributed by atoms with Gasteiger partial charge in [0.2, 0.25) is 0 Å². The fourth-order valence-electron chi connectivity index (χ4n) is 1.49. The van der Waals surface area contributed by atoms with Gasteiger partial charge < -0.3 is 9.22 Å². The Morgan fingerprint density at radius 3 is 2.10 bits per heavy atom. The summed E-state index contributed by atoms with van der Waals surface area (Å²) in [4.78, 5) is 11.7. The molecular weight excluding hydrogens is 254 g/mol. The predicted molar refractivity (Wildman–Crippen MR) is 76.2 cm³/mol. The summed E-state index contributed by atoms with van der Waals surface area (Å²) in [7, 11) is 6.07. The molecule has 0 aliphatic rings. The van der Waals surface area contributed by atoms with Gasteiger partial charge in [0.25, 0.3) is 0 Å². The fourth-order valence-corrected chi connectivity index (χ4v) is 1.49. The summed E-state index contributed by atoms with van der Waals surface area (Å²) in [6.07, 6.45) is 0.486. The van der Waals surface area contributed by atoms with Gasteiger partial charge in [-0.2, -0.15) is 10.5 Å². The van der Waals surface area contributed by atoms with Crippen LogP contribution in [0, 0.1) is 33.5 Å². The molecule has 20 heavy (non-hydrogen) atoms. The summed E-state index contributed by atoms with van der Waals surface area (Å²) in [6.45, 7) is 6.27. The van der Waals surface area contributed by atoms with Crippen molar-refractivity contribution in [3.63, 3.8) is 0 Å². The number of carbonyl (C=O) groups is 1. The fraction of sp³-hybridized carbons (Fsp3) is 0.800. The Morgan fingerprint density at radius 1 is 1.15 bits per heavy atom. The molecule has 5 nitrogen and oxygen atoms in total. The molecule has 1 unspecified atom stereocenters. The molecule has 0 saturated carbocycles. The summed E-state index contributed by atoms with van der Waals surface area (Å²) in [6, 6.07) is 4.31. The molecule has 0 bridgehead atoms. The molecule has 0 amide bonds. The average Bonchev–Trinajstić information content (AvgIpc) is 2.34. The molecule has 0 aliphatic carbocycles. The van der Waals surface area contributed by atoms with Gasteiger partial charge in [0.15, 0.2) is 0 Å². The van der Waals surface area contributed by atoms with Crippen molar-refractivity contribution in [1.29, 1.82) is 10.5 Å². The van der Waals surface area contributed by atoms with Crippen LogP contribution in [0.4, 0.5) is 0 Å². The molecule has 5 heteroatoms. The van der Waals surface area contributed by atoms with Gasteiger partial charge in [-0.3, -0.25) is 4.79 Å². The molecule has 112 valence electrons. The Kier molecular flexibility index (Phi) is 6.19. The number of nitriles is 2. The minimum atomic E-state index is -0.860. The third-order valence-corrected chi connectivity index (χ3v) is 3.76. The first-order valence-electron chi connectivity index (χ1n) is 6.76. The molecule has 0 fully saturated rings. The lowest BCUT2D eigenvalue weighted by Gasteiger charge is -2.32. The molecule has 0 aromatic carbocycles. The van der Waals surface area contributed by atoms with Crippen LogP contribution in [-0.4, -0.2) is 44.7 Å². The Bertz CT molecular complexity index is 424. The summed E-state index contributed by atoms with van der Waals surface area (Å²) in [5.41, 5.74) is -1.66. The van der Waals surface area contributed by atoms with Gasteiger partial charge in [-0.15, -0.1) is 0 Å². The average molecular weight is 280 g/mol. The van der Waals surface area contributed by atoms with Crippen molar-refractivity contribution in [2.24, 2.45) is 10.8 Å². The van der Waals surface area contributed by atoms with E-state index in [4.69, 9.17) is 10.00 Å². The van der Waals surface area contributed by atoms with E-state index >= 15 is 0 Å². The Morgan fingerprint density at radius 2 is 1.70 bits per heavy atom. The van der Waals surface area contributed by atoms with Gasteiger partial charge >= 0.3 is 5.97 Å². The molecule has 0 aromatic rings. The van der Waals surface area contributed by atoms with Gasteiger partial charge in [0, 0.05) is 6.42 Å². The van der Waals surface area contributed by atoms with E-state index in [1.807, 2.05) is 21.1 Å². The summed E-state index contributed by atoms with van der Waals surface area (Å²) in [5, 5.41) is 18.4. The van der Waals surface area contributed by atoms with Crippen LogP contribution in [0.25, 0.3) is 0 Å². The van der Waals surface area contributed by atoms with E-state index in [0.29, 0.717) is 13.0 Å². The number of carbonyl (C=O) groups excluding carboxylic acids is 1. The topological polar surface area (TPSA) is 73.9 Å². The highest BCUT2D eigenvalue weighted by Crippen LogP contribution is 2.41. The highest BCUT2D eigenvalue weighted by molar-refractivity contribution is 5.69. The number of likely N-dealkylation sites (N-methyl/N-ethyl adjacent to an activating group) is 1. The molecule has 0 spiro atoms. The zero-order valence-corrected chi connectivity index (χ0v) is 13.5. The van der Waals surface area contributed by atoms with Gasteiger partial charge in [0.05, 0.1) is 44.1 Å². The van der Waals surface area contributed by atoms with Crippen LogP contribution in [0.2, 0.25) is 0 Å². The first kappa shape index (κ1) is 18.4. The molecule has 1 atom stereocenters. The summed E-state index contributed by atoms with van der Waals surface area (Å²) >= 11 is 0. The predicted octanol–water partition coefficient (Wildman–Crippen LogP) is 2.10. The van der Waals surface area contributed by atoms with Gasteiger partial charge in [0.1, 0.15) is 13.2 Å². The van der Waals surface area contributed by atoms with Gasteiger partial charge in [-0.05, 0) is 27.2 Å². The Balaban J connectivity index is 4.38. The summed E-state index contributed by atoms with van der Waals surface area (Å²) < 4.78 is 5.88. The molecule has 0 rings (SSSR count). The van der Waals surface area contributed by atoms with E-state index in [1.165, 1.54) is 0 Å². The maximum Gasteiger partial charge on any atom is 0.306 e. The van der Waals surface area contributed by atoms with Crippen molar-refractivity contribution in [1.82, 2.24) is 0 Å². The van der Waals surface area contributed by atoms with Crippen molar-refractivity contribution in [3.8, 4) is 12.1 Å². The van der Waals surface area contributed by atoms with E-state index < -0.39 is 10.8 Å². The van der Waals surface area contributed by atoms with Crippen LogP contribution >= 0.6 is 0 Å². The zero-order valence-electron chi connectivity index (χ0n) is 13.5. The van der Waals surface area contributed by atoms with E-state index in [0.717, 1.165) is 11.0 Å². The largest absolute Gasteiger partial charge is 0.460 e. The number of esters is 1. The molecule has 0 aromatic heterocycles. The van der Waals surface area contributed by atoms with Crippen molar-refractivity contribution >= 4 is 5.97 Å². The molecular formula is C15H26N3O2+. The lowest BCUT2D eigenvalue weighted by atomic mass is 9.66. The third-order valence-electron chi connectivity index (χ3n) is 3.76. The van der Waals surface area contributed by atoms with E-state index in [-0.39, 0.29) is 12.4 Å². The smallest absolute Gasteiger partial charge is 0.306 e. The van der Waals surface area contributed by atoms with Crippen molar-refractivity contribution in [2.75, 3.05) is 34.3 Å². The number of ether oxygens (including phenoxy) is 1. The zero-order chi connectivity index (χ0) is 16.0. The van der Waals surface area contributed by atoms with E-state index in [2.05, 4.69) is 12.1 Å². The first-order chi connectivity index (χ1) is 8.97. The summed E-state index contributed by atoms with van der Waals surface area (Å²) in [5.74, 6) is -0.311. The van der Waals surface area contributed by atoms with Gasteiger partial charge in [-0.1, -0.05) is 0 Å². The second kappa shape index (κ2) is 6.72. The Labute approximate surface area is 122 Å². The van der Waals surface area contributed by atoms with Gasteiger partial charge in [-0.25, -0.2) is 0 Å².